The number of anilines is 1. The fraction of sp³-hybridized carbons (Fsp3) is 0.643. The summed E-state index contributed by atoms with van der Waals surface area (Å²) in [4.78, 5) is 15.7. The fourth-order valence-corrected chi connectivity index (χ4v) is 2.68. The molecule has 2 rings (SSSR count). The third kappa shape index (κ3) is 4.66. The molecule has 0 amide bonds. The lowest BCUT2D eigenvalue weighted by Crippen LogP contribution is -2.50. The number of ether oxygens (including phenoxy) is 1. The average molecular weight is 358 g/mol. The Morgan fingerprint density at radius 2 is 2.08 bits per heavy atom. The Kier molecular flexibility index (Phi) is 7.30. The van der Waals surface area contributed by atoms with Gasteiger partial charge in [0.2, 0.25) is 0 Å². The number of hydrogen-bond donors (Lipinski definition) is 7. The molecule has 10 N–H and O–H groups in total. The van der Waals surface area contributed by atoms with Crippen molar-refractivity contribution in [3.63, 3.8) is 0 Å². The quantitative estimate of drug-likeness (QED) is 0.221. The molecule has 11 heteroatoms. The van der Waals surface area contributed by atoms with Crippen LogP contribution >= 0.6 is 0 Å². The van der Waals surface area contributed by atoms with Gasteiger partial charge in [-0.15, -0.1) is 0 Å². The van der Waals surface area contributed by atoms with Gasteiger partial charge in [0.05, 0.1) is 6.61 Å². The van der Waals surface area contributed by atoms with E-state index in [9.17, 15) is 20.1 Å². The molecule has 2 heterocycles. The number of guanidine groups is 1. The van der Waals surface area contributed by atoms with E-state index >= 15 is 0 Å². The van der Waals surface area contributed by atoms with E-state index in [1.165, 1.54) is 12.3 Å². The molecule has 1 aromatic heterocycles. The monoisotopic (exact) mass is 358 g/mol. The molecule has 1 aliphatic heterocycles. The molecule has 1 aliphatic rings. The van der Waals surface area contributed by atoms with Crippen molar-refractivity contribution in [1.82, 2.24) is 9.55 Å². The molecule has 25 heavy (non-hydrogen) atoms. The molecule has 0 unspecified atom stereocenters. The smallest absolute Gasteiger partial charge is 0.351 e. The van der Waals surface area contributed by atoms with E-state index < -0.39 is 36.3 Å². The number of hydrogen-bond acceptors (Lipinski definition) is 8. The van der Waals surface area contributed by atoms with Crippen LogP contribution in [0.15, 0.2) is 17.1 Å². The van der Waals surface area contributed by atoms with Crippen LogP contribution in [0.1, 0.15) is 26.2 Å². The first-order valence-corrected chi connectivity index (χ1v) is 7.79. The topological polar surface area (TPSA) is 207 Å². The summed E-state index contributed by atoms with van der Waals surface area (Å²) in [6.07, 6.45) is -0.408. The van der Waals surface area contributed by atoms with Gasteiger partial charge >= 0.3 is 5.69 Å². The van der Waals surface area contributed by atoms with Gasteiger partial charge < -0.3 is 37.3 Å². The Balaban J connectivity index is 0.000000705. The first-order valence-electron chi connectivity index (χ1n) is 7.79. The zero-order valence-corrected chi connectivity index (χ0v) is 14.0. The number of aliphatic hydroxyl groups excluding tert-OH is 3. The second-order valence-corrected chi connectivity index (χ2v) is 5.68. The van der Waals surface area contributed by atoms with E-state index in [2.05, 4.69) is 16.5 Å². The van der Waals surface area contributed by atoms with Crippen molar-refractivity contribution >= 4 is 11.8 Å². The Hall–Kier alpha value is -2.21. The van der Waals surface area contributed by atoms with Gasteiger partial charge in [0, 0.05) is 6.20 Å². The lowest BCUT2D eigenvalue weighted by Gasteiger charge is -2.33. The number of nitrogens with zero attached hydrogens (tertiary/aromatic N) is 2. The standard InChI is InChI=1S/C13H21N3O5.CH5N3/c1-2-3-5-13(11(19)10(18)8(7-17)21-13)16-6-4-9(14)15-12(16)20;2-1(3)4/h4,6,8,10-11,17-19H,2-3,5,7H2,1H3,(H2,14,15,20);(H5,2,3,4)/t8-,10-,11-,13-;/m1./s1. The first-order chi connectivity index (χ1) is 11.7. The predicted octanol–water partition coefficient (Wildman–Crippen LogP) is -2.38. The number of nitrogens with one attached hydrogen (secondary N) is 1. The van der Waals surface area contributed by atoms with Crippen LogP contribution in [0.4, 0.5) is 5.82 Å². The number of rotatable bonds is 5. The van der Waals surface area contributed by atoms with E-state index in [-0.39, 0.29) is 11.8 Å². The molecular formula is C14H26N6O5. The van der Waals surface area contributed by atoms with Crippen LogP contribution in [0.2, 0.25) is 0 Å². The van der Waals surface area contributed by atoms with E-state index in [0.29, 0.717) is 12.8 Å². The molecule has 11 nitrogen and oxygen atoms in total. The molecule has 1 aromatic rings. The van der Waals surface area contributed by atoms with Gasteiger partial charge in [-0.1, -0.05) is 13.3 Å². The summed E-state index contributed by atoms with van der Waals surface area (Å²) < 4.78 is 6.81. The first kappa shape index (κ1) is 20.8. The summed E-state index contributed by atoms with van der Waals surface area (Å²) in [5, 5.41) is 35.7. The summed E-state index contributed by atoms with van der Waals surface area (Å²) >= 11 is 0. The van der Waals surface area contributed by atoms with E-state index in [1.807, 2.05) is 6.92 Å². The Labute approximate surface area is 144 Å². The van der Waals surface area contributed by atoms with Crippen molar-refractivity contribution in [2.75, 3.05) is 12.3 Å². The number of aliphatic hydroxyl groups is 3. The normalized spacial score (nSPS) is 28.2. The third-order valence-electron chi connectivity index (χ3n) is 3.82. The summed E-state index contributed by atoms with van der Waals surface area (Å²) in [6.45, 7) is 1.50. The van der Waals surface area contributed by atoms with Crippen molar-refractivity contribution in [2.24, 2.45) is 11.5 Å². The Bertz CT molecular complexity index is 634. The molecule has 0 bridgehead atoms. The number of aromatic nitrogens is 2. The van der Waals surface area contributed by atoms with Crippen LogP contribution in [0.5, 0.6) is 0 Å². The molecule has 0 saturated carbocycles. The fourth-order valence-electron chi connectivity index (χ4n) is 2.68. The molecular weight excluding hydrogens is 332 g/mol. The van der Waals surface area contributed by atoms with Crippen molar-refractivity contribution < 1.29 is 20.1 Å². The van der Waals surface area contributed by atoms with Crippen LogP contribution in [-0.2, 0) is 10.5 Å². The van der Waals surface area contributed by atoms with Gasteiger partial charge in [-0.2, -0.15) is 4.98 Å². The SMILES string of the molecule is CCCC[C@@]1(n2ccc(N)nc2=O)O[C@H](CO)[C@@H](O)[C@H]1O.N=C(N)N. The van der Waals surface area contributed by atoms with Crippen molar-refractivity contribution in [1.29, 1.82) is 5.41 Å². The average Bonchev–Trinajstić information content (AvgIpc) is 2.78. The van der Waals surface area contributed by atoms with Crippen LogP contribution in [0.25, 0.3) is 0 Å². The van der Waals surface area contributed by atoms with Gasteiger partial charge in [0.1, 0.15) is 24.1 Å². The maximum Gasteiger partial charge on any atom is 0.351 e. The summed E-state index contributed by atoms with van der Waals surface area (Å²) in [6, 6.07) is 1.42. The summed E-state index contributed by atoms with van der Waals surface area (Å²) in [7, 11) is 0. The summed E-state index contributed by atoms with van der Waals surface area (Å²) in [5.41, 5.74) is 12.3. The highest BCUT2D eigenvalue weighted by Gasteiger charge is 2.55. The second kappa shape index (κ2) is 8.76. The zero-order chi connectivity index (χ0) is 19.2. The minimum absolute atomic E-state index is 0.0636. The molecule has 4 atom stereocenters. The van der Waals surface area contributed by atoms with Crippen LogP contribution in [0, 0.1) is 5.41 Å². The Morgan fingerprint density at radius 1 is 1.48 bits per heavy atom. The van der Waals surface area contributed by atoms with Crippen LogP contribution < -0.4 is 22.9 Å². The highest BCUT2D eigenvalue weighted by atomic mass is 16.6. The zero-order valence-electron chi connectivity index (χ0n) is 14.0. The number of nitrogens with two attached hydrogens (primary N) is 3. The number of unbranched alkanes of at least 4 members (excludes halogenated alkanes) is 1. The van der Waals surface area contributed by atoms with Crippen LogP contribution in [0.3, 0.4) is 0 Å². The van der Waals surface area contributed by atoms with Gasteiger partial charge in [0.25, 0.3) is 0 Å². The van der Waals surface area contributed by atoms with E-state index in [4.69, 9.17) is 15.9 Å². The van der Waals surface area contributed by atoms with Crippen molar-refractivity contribution in [3.8, 4) is 0 Å². The maximum atomic E-state index is 12.1. The molecule has 0 radical (unpaired) electrons. The van der Waals surface area contributed by atoms with E-state index in [0.717, 1.165) is 11.0 Å². The molecule has 1 saturated heterocycles. The lowest BCUT2D eigenvalue weighted by atomic mass is 9.96. The van der Waals surface area contributed by atoms with Gasteiger partial charge in [0.15, 0.2) is 11.7 Å². The molecule has 1 fully saturated rings. The molecule has 0 aliphatic carbocycles. The largest absolute Gasteiger partial charge is 0.394 e. The van der Waals surface area contributed by atoms with Gasteiger partial charge in [-0.05, 0) is 18.9 Å². The second-order valence-electron chi connectivity index (χ2n) is 5.68. The maximum absolute atomic E-state index is 12.1. The van der Waals surface area contributed by atoms with Crippen LogP contribution in [-0.4, -0.2) is 55.7 Å². The minimum atomic E-state index is -1.44. The lowest BCUT2D eigenvalue weighted by molar-refractivity contribution is -0.156. The summed E-state index contributed by atoms with van der Waals surface area (Å²) in [5.74, 6) is -0.270. The van der Waals surface area contributed by atoms with Gasteiger partial charge in [-0.3, -0.25) is 9.98 Å². The van der Waals surface area contributed by atoms with E-state index in [1.54, 1.807) is 0 Å². The highest BCUT2D eigenvalue weighted by Crippen LogP contribution is 2.38. The highest BCUT2D eigenvalue weighted by molar-refractivity contribution is 5.71. The third-order valence-corrected chi connectivity index (χ3v) is 3.82. The van der Waals surface area contributed by atoms with Crippen molar-refractivity contribution in [3.05, 3.63) is 22.7 Å². The Morgan fingerprint density at radius 3 is 2.52 bits per heavy atom. The molecule has 142 valence electrons. The molecule has 0 aromatic carbocycles. The van der Waals surface area contributed by atoms with Crippen molar-refractivity contribution in [2.45, 2.75) is 50.2 Å². The van der Waals surface area contributed by atoms with Gasteiger partial charge in [-0.25, -0.2) is 4.79 Å². The molecule has 0 spiro atoms. The predicted molar refractivity (Wildman–Crippen MR) is 90.5 cm³/mol. The number of nitrogen functional groups attached to an aromatic ring is 1. The minimum Gasteiger partial charge on any atom is -0.394 e.